The maximum absolute atomic E-state index is 13.6. The molecular weight excluding hydrogens is 701 g/mol. The van der Waals surface area contributed by atoms with Gasteiger partial charge in [0.2, 0.25) is 0 Å². The highest BCUT2D eigenvalue weighted by Gasteiger charge is 2.32. The Bertz CT molecular complexity index is 1760. The van der Waals surface area contributed by atoms with Crippen LogP contribution in [0.25, 0.3) is 0 Å². The van der Waals surface area contributed by atoms with E-state index in [1.807, 2.05) is 36.4 Å². The smallest absolute Gasteiger partial charge is 0.348 e. The zero-order valence-corrected chi connectivity index (χ0v) is 30.8. The monoisotopic (exact) mass is 741 g/mol. The number of aromatic nitrogens is 1. The van der Waals surface area contributed by atoms with Gasteiger partial charge in [-0.3, -0.25) is 5.32 Å². The highest BCUT2D eigenvalue weighted by molar-refractivity contribution is 7.13. The van der Waals surface area contributed by atoms with Crippen LogP contribution in [0, 0.1) is 10.6 Å². The summed E-state index contributed by atoms with van der Waals surface area (Å²) in [6.45, 7) is 4.80. The summed E-state index contributed by atoms with van der Waals surface area (Å²) in [4.78, 5) is 30.5. The molecule has 13 heteroatoms. The summed E-state index contributed by atoms with van der Waals surface area (Å²) in [7, 11) is 5.15. The molecule has 0 radical (unpaired) electrons. The second kappa shape index (κ2) is 16.9. The summed E-state index contributed by atoms with van der Waals surface area (Å²) in [6, 6.07) is 17.5. The third kappa shape index (κ3) is 9.46. The number of benzene rings is 2. The zero-order valence-electron chi connectivity index (χ0n) is 28.4. The van der Waals surface area contributed by atoms with Crippen LogP contribution in [0.3, 0.4) is 0 Å². The Morgan fingerprint density at radius 2 is 1.66 bits per heavy atom. The van der Waals surface area contributed by atoms with Crippen LogP contribution in [-0.2, 0) is 27.2 Å². The highest BCUT2D eigenvalue weighted by atomic mass is 35.5. The summed E-state index contributed by atoms with van der Waals surface area (Å²) in [5.41, 5.74) is 1.79. The second-order valence-corrected chi connectivity index (χ2v) is 14.7. The van der Waals surface area contributed by atoms with Gasteiger partial charge < -0.3 is 29.1 Å². The zero-order chi connectivity index (χ0) is 35.8. The van der Waals surface area contributed by atoms with Crippen LogP contribution in [0.1, 0.15) is 63.2 Å². The number of rotatable bonds is 14. The van der Waals surface area contributed by atoms with Gasteiger partial charge in [0.1, 0.15) is 27.1 Å². The minimum atomic E-state index is -0.841. The lowest BCUT2D eigenvalue weighted by Crippen LogP contribution is -2.40. The molecule has 1 N–H and O–H groups in total. The molecule has 0 amide bonds. The molecule has 2 aromatic carbocycles. The maximum atomic E-state index is 13.6. The Morgan fingerprint density at radius 1 is 0.980 bits per heavy atom. The molecule has 50 heavy (non-hydrogen) atoms. The quantitative estimate of drug-likeness (QED) is 0.0833. The Kier molecular flexibility index (Phi) is 12.6. The van der Waals surface area contributed by atoms with Gasteiger partial charge in [-0.15, -0.1) is 11.3 Å². The van der Waals surface area contributed by atoms with Gasteiger partial charge in [0.05, 0.1) is 20.8 Å². The molecule has 0 saturated carbocycles. The predicted molar refractivity (Wildman–Crippen MR) is 193 cm³/mol. The van der Waals surface area contributed by atoms with E-state index >= 15 is 0 Å². The van der Waals surface area contributed by atoms with Gasteiger partial charge in [-0.2, -0.15) is 4.73 Å². The molecule has 266 valence electrons. The van der Waals surface area contributed by atoms with Crippen molar-refractivity contribution in [1.82, 2.24) is 10.2 Å². The normalized spacial score (nSPS) is 15.6. The van der Waals surface area contributed by atoms with Crippen LogP contribution in [0.2, 0.25) is 10.0 Å². The first-order chi connectivity index (χ1) is 24.0. The Labute approximate surface area is 306 Å². The number of carbonyl (C=O) groups excluding carboxylic acids is 2. The van der Waals surface area contributed by atoms with E-state index in [9.17, 15) is 14.8 Å². The number of methoxy groups -OCH3 is 2. The van der Waals surface area contributed by atoms with E-state index < -0.39 is 18.1 Å². The Hall–Kier alpha value is -3.87. The van der Waals surface area contributed by atoms with Crippen molar-refractivity contribution in [3.63, 3.8) is 0 Å². The lowest BCUT2D eigenvalue weighted by Gasteiger charge is -2.37. The number of nitrogens with zero attached hydrogens (tertiary/aromatic N) is 2. The predicted octanol–water partition coefficient (Wildman–Crippen LogP) is 6.95. The Balaban J connectivity index is 1.30. The van der Waals surface area contributed by atoms with Gasteiger partial charge in [0, 0.05) is 28.8 Å². The Morgan fingerprint density at radius 3 is 2.32 bits per heavy atom. The molecule has 0 bridgehead atoms. The standard InChI is InChI=1S/C37H41Cl2N3O7S/c1-37(14-16-41(2)17-15-37)23-48-36(44)34(24-8-6-5-7-9-24)40-20-26-11-13-33(50-26)35(43)49-31(19-27-28(38)21-42(45)22-29(27)39)25-10-12-30(46-3)32(18-25)47-4/h5-13,18,21-22,31,34,40H,14-17,19-20,23H2,1-4H3. The average Bonchev–Trinajstić information content (AvgIpc) is 3.59. The molecule has 1 fully saturated rings. The maximum Gasteiger partial charge on any atom is 0.348 e. The van der Waals surface area contributed by atoms with Crippen LogP contribution in [0.15, 0.2) is 73.1 Å². The number of ether oxygens (including phenoxy) is 4. The van der Waals surface area contributed by atoms with Gasteiger partial charge in [-0.25, -0.2) is 9.59 Å². The van der Waals surface area contributed by atoms with E-state index in [1.165, 1.54) is 38.0 Å². The fraction of sp³-hybridized carbons (Fsp3) is 0.378. The number of hydrogen-bond acceptors (Lipinski definition) is 10. The van der Waals surface area contributed by atoms with Crippen molar-refractivity contribution < 1.29 is 33.3 Å². The molecule has 5 rings (SSSR count). The van der Waals surface area contributed by atoms with Crippen molar-refractivity contribution >= 4 is 46.5 Å². The molecule has 1 saturated heterocycles. The number of likely N-dealkylation sites (tertiary alicyclic amines) is 1. The SMILES string of the molecule is COc1ccc(C(Cc2c(Cl)c[n+]([O-])cc2Cl)OC(=O)c2ccc(CNC(C(=O)OCC3(C)CCN(C)CC3)c3ccccc3)s2)cc1OC. The molecule has 2 aromatic heterocycles. The lowest BCUT2D eigenvalue weighted by atomic mass is 9.81. The molecule has 0 aliphatic carbocycles. The van der Waals surface area contributed by atoms with E-state index in [-0.39, 0.29) is 27.9 Å². The van der Waals surface area contributed by atoms with E-state index in [4.69, 9.17) is 42.1 Å². The van der Waals surface area contributed by atoms with E-state index in [0.29, 0.717) is 45.4 Å². The van der Waals surface area contributed by atoms with Crippen molar-refractivity contribution in [3.05, 3.63) is 115 Å². The third-order valence-corrected chi connectivity index (χ3v) is 10.7. The first-order valence-electron chi connectivity index (χ1n) is 16.2. The fourth-order valence-electron chi connectivity index (χ4n) is 5.78. The van der Waals surface area contributed by atoms with Crippen LogP contribution >= 0.6 is 34.5 Å². The van der Waals surface area contributed by atoms with Gasteiger partial charge in [0.15, 0.2) is 23.9 Å². The molecule has 10 nitrogen and oxygen atoms in total. The number of hydrogen-bond donors (Lipinski definition) is 1. The van der Waals surface area contributed by atoms with Gasteiger partial charge in [0.25, 0.3) is 0 Å². The van der Waals surface area contributed by atoms with Gasteiger partial charge >= 0.3 is 11.9 Å². The molecule has 2 unspecified atom stereocenters. The van der Waals surface area contributed by atoms with E-state index in [2.05, 4.69) is 24.2 Å². The largest absolute Gasteiger partial charge is 0.619 e. The van der Waals surface area contributed by atoms with Crippen molar-refractivity contribution in [2.75, 3.05) is 41.0 Å². The van der Waals surface area contributed by atoms with E-state index in [0.717, 1.165) is 36.4 Å². The molecule has 4 aromatic rings. The van der Waals surface area contributed by atoms with Crippen LogP contribution in [0.4, 0.5) is 0 Å². The minimum Gasteiger partial charge on any atom is -0.619 e. The second-order valence-electron chi connectivity index (χ2n) is 12.7. The number of piperidine rings is 1. The number of esters is 2. The van der Waals surface area contributed by atoms with Crippen molar-refractivity contribution in [2.24, 2.45) is 5.41 Å². The van der Waals surface area contributed by atoms with Crippen LogP contribution < -0.4 is 19.5 Å². The first kappa shape index (κ1) is 37.4. The average molecular weight is 743 g/mol. The molecule has 3 heterocycles. The topological polar surface area (TPSA) is 113 Å². The highest BCUT2D eigenvalue weighted by Crippen LogP contribution is 2.36. The third-order valence-electron chi connectivity index (χ3n) is 8.94. The van der Waals surface area contributed by atoms with E-state index in [1.54, 1.807) is 24.3 Å². The summed E-state index contributed by atoms with van der Waals surface area (Å²) >= 11 is 14.1. The summed E-state index contributed by atoms with van der Waals surface area (Å²) in [5.74, 6) is 0.0540. The lowest BCUT2D eigenvalue weighted by molar-refractivity contribution is -0.605. The number of pyridine rings is 1. The van der Waals surface area contributed by atoms with Crippen LogP contribution in [-0.4, -0.2) is 57.8 Å². The van der Waals surface area contributed by atoms with Crippen molar-refractivity contribution in [3.8, 4) is 11.5 Å². The van der Waals surface area contributed by atoms with Gasteiger partial charge in [-0.1, -0.05) is 66.5 Å². The molecule has 2 atom stereocenters. The number of thiophene rings is 1. The van der Waals surface area contributed by atoms with Crippen LogP contribution in [0.5, 0.6) is 11.5 Å². The molecular formula is C37H41Cl2N3O7S. The summed E-state index contributed by atoms with van der Waals surface area (Å²) < 4.78 is 23.4. The van der Waals surface area contributed by atoms with Crippen molar-refractivity contribution in [1.29, 1.82) is 0 Å². The molecule has 1 aliphatic rings. The van der Waals surface area contributed by atoms with Crippen molar-refractivity contribution in [2.45, 2.75) is 44.9 Å². The first-order valence-corrected chi connectivity index (χ1v) is 17.8. The summed E-state index contributed by atoms with van der Waals surface area (Å²) in [5, 5.41) is 15.5. The van der Waals surface area contributed by atoms with Gasteiger partial charge in [-0.05, 0) is 68.4 Å². The summed E-state index contributed by atoms with van der Waals surface area (Å²) in [6.07, 6.45) is 3.58. The number of halogens is 2. The fourth-order valence-corrected chi connectivity index (χ4v) is 7.22. The number of carbonyl (C=O) groups is 2. The number of nitrogens with one attached hydrogen (secondary N) is 1. The minimum absolute atomic E-state index is 0.0592. The molecule has 1 aliphatic heterocycles. The molecule has 0 spiro atoms.